The molecule has 0 N–H and O–H groups in total. The van der Waals surface area contributed by atoms with Crippen LogP contribution >= 0.6 is 0 Å². The molecule has 1 aliphatic heterocycles. The van der Waals surface area contributed by atoms with Crippen molar-refractivity contribution in [1.82, 2.24) is 14.8 Å². The fraction of sp³-hybridized carbons (Fsp3) is 0.346. The second kappa shape index (κ2) is 10.0. The molecule has 0 bridgehead atoms. The van der Waals surface area contributed by atoms with E-state index in [0.29, 0.717) is 30.1 Å². The third kappa shape index (κ3) is 5.31. The van der Waals surface area contributed by atoms with Crippen LogP contribution in [0.5, 0.6) is 5.75 Å². The minimum absolute atomic E-state index is 0.171. The van der Waals surface area contributed by atoms with Crippen molar-refractivity contribution in [2.24, 2.45) is 0 Å². The Kier molecular flexibility index (Phi) is 6.89. The number of piperazine rings is 1. The highest BCUT2D eigenvalue weighted by molar-refractivity contribution is 5.96. The van der Waals surface area contributed by atoms with Gasteiger partial charge in [-0.25, -0.2) is 4.79 Å². The molecule has 33 heavy (non-hydrogen) atoms. The van der Waals surface area contributed by atoms with Crippen molar-refractivity contribution in [1.29, 1.82) is 0 Å². The lowest BCUT2D eigenvalue weighted by Gasteiger charge is -2.35. The quantitative estimate of drug-likeness (QED) is 0.539. The number of methoxy groups -OCH3 is 1. The zero-order chi connectivity index (χ0) is 23.4. The molecule has 1 saturated heterocycles. The largest absolute Gasteiger partial charge is 0.497 e. The number of nitrogens with zero attached hydrogens (tertiary/aromatic N) is 3. The molecule has 0 spiro atoms. The maximum Gasteiger partial charge on any atom is 0.340 e. The van der Waals surface area contributed by atoms with Crippen molar-refractivity contribution in [3.63, 3.8) is 0 Å². The van der Waals surface area contributed by atoms with E-state index in [0.717, 1.165) is 30.5 Å². The summed E-state index contributed by atoms with van der Waals surface area (Å²) in [6.45, 7) is 7.07. The Balaban J connectivity index is 1.36. The van der Waals surface area contributed by atoms with E-state index in [1.807, 2.05) is 36.4 Å². The fourth-order valence-electron chi connectivity index (χ4n) is 4.08. The van der Waals surface area contributed by atoms with E-state index in [4.69, 9.17) is 9.47 Å². The molecule has 1 fully saturated rings. The van der Waals surface area contributed by atoms with Gasteiger partial charge in [-0.1, -0.05) is 30.3 Å². The van der Waals surface area contributed by atoms with Crippen molar-refractivity contribution < 1.29 is 19.1 Å². The van der Waals surface area contributed by atoms with Gasteiger partial charge < -0.3 is 14.4 Å². The molecule has 1 amide bonds. The molecule has 7 heteroatoms. The molecule has 172 valence electrons. The molecule has 7 nitrogen and oxygen atoms in total. The molecule has 1 aliphatic rings. The van der Waals surface area contributed by atoms with Gasteiger partial charge in [-0.15, -0.1) is 0 Å². The van der Waals surface area contributed by atoms with E-state index in [1.54, 1.807) is 31.9 Å². The van der Waals surface area contributed by atoms with Gasteiger partial charge in [0, 0.05) is 38.1 Å². The lowest BCUT2D eigenvalue weighted by molar-refractivity contribution is -0.141. The molecular weight excluding hydrogens is 418 g/mol. The number of hydrogen-bond donors (Lipinski definition) is 0. The number of carbonyl (C=O) groups excluding carboxylic acids is 2. The normalized spacial score (nSPS) is 15.3. The fourth-order valence-corrected chi connectivity index (χ4v) is 4.08. The van der Waals surface area contributed by atoms with Gasteiger partial charge in [-0.3, -0.25) is 14.7 Å². The van der Waals surface area contributed by atoms with E-state index in [9.17, 15) is 9.59 Å². The second-order valence-electron chi connectivity index (χ2n) is 8.31. The first kappa shape index (κ1) is 22.7. The van der Waals surface area contributed by atoms with Gasteiger partial charge in [-0.05, 0) is 43.7 Å². The van der Waals surface area contributed by atoms with Crippen LogP contribution in [-0.4, -0.2) is 66.1 Å². The average molecular weight is 448 g/mol. The van der Waals surface area contributed by atoms with Crippen molar-refractivity contribution in [2.45, 2.75) is 26.5 Å². The molecule has 0 radical (unpaired) electrons. The van der Waals surface area contributed by atoms with Crippen LogP contribution in [0, 0.1) is 6.92 Å². The molecule has 0 saturated carbocycles. The van der Waals surface area contributed by atoms with Gasteiger partial charge >= 0.3 is 5.97 Å². The van der Waals surface area contributed by atoms with E-state index in [1.165, 1.54) is 5.56 Å². The first-order valence-corrected chi connectivity index (χ1v) is 11.2. The summed E-state index contributed by atoms with van der Waals surface area (Å²) in [4.78, 5) is 34.4. The molecular formula is C26H29N3O4. The molecule has 2 aromatic carbocycles. The summed E-state index contributed by atoms with van der Waals surface area (Å²) in [5.74, 6) is -0.0357. The zero-order valence-electron chi connectivity index (χ0n) is 19.3. The first-order valence-electron chi connectivity index (χ1n) is 11.2. The number of aryl methyl sites for hydroxylation is 1. The zero-order valence-corrected chi connectivity index (χ0v) is 19.3. The highest BCUT2D eigenvalue weighted by atomic mass is 16.5. The number of carbonyl (C=O) groups is 2. The molecule has 2 heterocycles. The third-order valence-electron chi connectivity index (χ3n) is 6.00. The van der Waals surface area contributed by atoms with Crippen LogP contribution in [0.25, 0.3) is 10.9 Å². The highest BCUT2D eigenvalue weighted by Gasteiger charge is 2.28. The monoisotopic (exact) mass is 447 g/mol. The second-order valence-corrected chi connectivity index (χ2v) is 8.31. The topological polar surface area (TPSA) is 72.0 Å². The SMILES string of the molecule is COc1ccc2nc(C)c(C(=O)OC(C)C(=O)N3CCN(Cc4ccccc4)CC3)cc2c1. The number of hydrogen-bond acceptors (Lipinski definition) is 6. The number of benzene rings is 2. The minimum Gasteiger partial charge on any atom is -0.497 e. The molecule has 4 rings (SSSR count). The summed E-state index contributed by atoms with van der Waals surface area (Å²) in [6, 6.07) is 17.5. The number of esters is 1. The van der Waals surface area contributed by atoms with Crippen LogP contribution in [0.3, 0.4) is 0 Å². The molecule has 1 unspecified atom stereocenters. The summed E-state index contributed by atoms with van der Waals surface area (Å²) in [5, 5.41) is 0.778. The molecule has 0 aliphatic carbocycles. The minimum atomic E-state index is -0.862. The Hall–Kier alpha value is -3.45. The van der Waals surface area contributed by atoms with Crippen LogP contribution in [-0.2, 0) is 16.1 Å². The number of pyridine rings is 1. The number of amides is 1. The lowest BCUT2D eigenvalue weighted by atomic mass is 10.1. The average Bonchev–Trinajstić information content (AvgIpc) is 2.84. The van der Waals surface area contributed by atoms with Crippen LogP contribution in [0.15, 0.2) is 54.6 Å². The maximum atomic E-state index is 12.9. The maximum absolute atomic E-state index is 12.9. The van der Waals surface area contributed by atoms with Crippen molar-refractivity contribution in [3.05, 3.63) is 71.4 Å². The van der Waals surface area contributed by atoms with E-state index < -0.39 is 12.1 Å². The van der Waals surface area contributed by atoms with E-state index in [-0.39, 0.29) is 5.91 Å². The van der Waals surface area contributed by atoms with Gasteiger partial charge in [0.05, 0.1) is 23.9 Å². The van der Waals surface area contributed by atoms with Crippen LogP contribution in [0.2, 0.25) is 0 Å². The Bertz CT molecular complexity index is 1140. The van der Waals surface area contributed by atoms with E-state index in [2.05, 4.69) is 22.0 Å². The lowest BCUT2D eigenvalue weighted by Crippen LogP contribution is -2.51. The van der Waals surface area contributed by atoms with Gasteiger partial charge in [0.1, 0.15) is 5.75 Å². The molecule has 3 aromatic rings. The highest BCUT2D eigenvalue weighted by Crippen LogP contribution is 2.23. The van der Waals surface area contributed by atoms with Crippen LogP contribution in [0.1, 0.15) is 28.5 Å². The summed E-state index contributed by atoms with van der Waals surface area (Å²) >= 11 is 0. The Morgan fingerprint density at radius 2 is 1.76 bits per heavy atom. The summed E-state index contributed by atoms with van der Waals surface area (Å²) in [7, 11) is 1.59. The van der Waals surface area contributed by atoms with Crippen molar-refractivity contribution in [2.75, 3.05) is 33.3 Å². The standard InChI is InChI=1S/C26H29N3O4/c1-18-23(16-21-15-22(32-3)9-10-24(21)27-18)26(31)33-19(2)25(30)29-13-11-28(12-14-29)17-20-7-5-4-6-8-20/h4-10,15-16,19H,11-14,17H2,1-3H3. The van der Waals surface area contributed by atoms with Gasteiger partial charge in [0.25, 0.3) is 5.91 Å². The molecule has 1 aromatic heterocycles. The van der Waals surface area contributed by atoms with Gasteiger partial charge in [0.2, 0.25) is 0 Å². The smallest absolute Gasteiger partial charge is 0.340 e. The number of rotatable bonds is 6. The summed E-state index contributed by atoms with van der Waals surface area (Å²) in [5.41, 5.74) is 2.94. The molecule has 1 atom stereocenters. The third-order valence-corrected chi connectivity index (χ3v) is 6.00. The summed E-state index contributed by atoms with van der Waals surface area (Å²) in [6.07, 6.45) is -0.862. The predicted octanol–water partition coefficient (Wildman–Crippen LogP) is 3.44. The van der Waals surface area contributed by atoms with Crippen molar-refractivity contribution in [3.8, 4) is 5.75 Å². The number of ether oxygens (including phenoxy) is 2. The van der Waals surface area contributed by atoms with Crippen molar-refractivity contribution >= 4 is 22.8 Å². The first-order chi connectivity index (χ1) is 15.9. The number of aromatic nitrogens is 1. The predicted molar refractivity (Wildman–Crippen MR) is 126 cm³/mol. The number of fused-ring (bicyclic) bond motifs is 1. The Labute approximate surface area is 193 Å². The van der Waals surface area contributed by atoms with Gasteiger partial charge in [-0.2, -0.15) is 0 Å². The summed E-state index contributed by atoms with van der Waals surface area (Å²) < 4.78 is 10.8. The Morgan fingerprint density at radius 1 is 1.03 bits per heavy atom. The van der Waals surface area contributed by atoms with Gasteiger partial charge in [0.15, 0.2) is 6.10 Å². The van der Waals surface area contributed by atoms with Crippen LogP contribution in [0.4, 0.5) is 0 Å². The Morgan fingerprint density at radius 3 is 2.45 bits per heavy atom. The van der Waals surface area contributed by atoms with E-state index >= 15 is 0 Å². The van der Waals surface area contributed by atoms with Crippen LogP contribution < -0.4 is 4.74 Å².